The van der Waals surface area contributed by atoms with Crippen molar-refractivity contribution in [1.82, 2.24) is 9.97 Å². The summed E-state index contributed by atoms with van der Waals surface area (Å²) in [4.78, 5) is 17.4. The molecular formula is C18H14ClF3N2O2. The summed E-state index contributed by atoms with van der Waals surface area (Å²) in [6.45, 7) is 2.11. The third kappa shape index (κ3) is 3.94. The Labute approximate surface area is 151 Å². The van der Waals surface area contributed by atoms with E-state index in [2.05, 4.69) is 9.97 Å². The van der Waals surface area contributed by atoms with Crippen molar-refractivity contribution >= 4 is 11.6 Å². The minimum atomic E-state index is -4.47. The first kappa shape index (κ1) is 18.1. The predicted octanol–water partition coefficient (Wildman–Crippen LogP) is 4.93. The lowest BCUT2D eigenvalue weighted by atomic mass is 10.1. The molecule has 0 amide bonds. The summed E-state index contributed by atoms with van der Waals surface area (Å²) in [7, 11) is 0. The van der Waals surface area contributed by atoms with E-state index >= 15 is 0 Å². The number of benzene rings is 1. The average Bonchev–Trinajstić information content (AvgIpc) is 3.04. The van der Waals surface area contributed by atoms with Gasteiger partial charge in [0.15, 0.2) is 11.3 Å². The molecule has 0 spiro atoms. The maximum absolute atomic E-state index is 12.7. The lowest BCUT2D eigenvalue weighted by Gasteiger charge is -2.09. The minimum Gasteiger partial charge on any atom is -0.474 e. The number of pyridine rings is 1. The van der Waals surface area contributed by atoms with Gasteiger partial charge in [-0.3, -0.25) is 4.79 Å². The van der Waals surface area contributed by atoms with Gasteiger partial charge in [-0.1, -0.05) is 17.7 Å². The number of ether oxygens (including phenoxy) is 1. The number of aryl methyl sites for hydroxylation is 1. The third-order valence-electron chi connectivity index (χ3n) is 3.87. The summed E-state index contributed by atoms with van der Waals surface area (Å²) in [5, 5.41) is 0.619. The first-order valence-corrected chi connectivity index (χ1v) is 7.98. The Morgan fingerprint density at radius 1 is 1.12 bits per heavy atom. The summed E-state index contributed by atoms with van der Waals surface area (Å²) >= 11 is 5.90. The lowest BCUT2D eigenvalue weighted by Crippen LogP contribution is -2.07. The van der Waals surface area contributed by atoms with Gasteiger partial charge in [0.2, 0.25) is 0 Å². The van der Waals surface area contributed by atoms with Crippen LogP contribution >= 0.6 is 11.6 Å². The van der Waals surface area contributed by atoms with Crippen molar-refractivity contribution in [3.63, 3.8) is 0 Å². The zero-order valence-electron chi connectivity index (χ0n) is 13.6. The molecular weight excluding hydrogens is 369 g/mol. The van der Waals surface area contributed by atoms with Crippen LogP contribution in [0.4, 0.5) is 13.2 Å². The van der Waals surface area contributed by atoms with E-state index in [0.29, 0.717) is 5.02 Å². The molecule has 0 radical (unpaired) electrons. The number of nitrogens with one attached hydrogen (secondary N) is 2. The van der Waals surface area contributed by atoms with Gasteiger partial charge in [-0.05, 0) is 36.2 Å². The van der Waals surface area contributed by atoms with Gasteiger partial charge in [-0.2, -0.15) is 13.2 Å². The lowest BCUT2D eigenvalue weighted by molar-refractivity contribution is -0.137. The van der Waals surface area contributed by atoms with Gasteiger partial charge in [-0.25, -0.2) is 0 Å². The Hall–Kier alpha value is -2.67. The van der Waals surface area contributed by atoms with Gasteiger partial charge < -0.3 is 14.7 Å². The van der Waals surface area contributed by atoms with Crippen LogP contribution in [0.25, 0.3) is 11.3 Å². The molecule has 4 nitrogen and oxygen atoms in total. The summed E-state index contributed by atoms with van der Waals surface area (Å²) in [5.74, 6) is 0.218. The van der Waals surface area contributed by atoms with Crippen LogP contribution in [-0.2, 0) is 12.8 Å². The molecule has 0 saturated carbocycles. The largest absolute Gasteiger partial charge is 0.474 e. The number of alkyl halides is 3. The number of aromatic nitrogens is 2. The van der Waals surface area contributed by atoms with Gasteiger partial charge in [-0.15, -0.1) is 0 Å². The molecule has 2 aromatic heterocycles. The second-order valence-electron chi connectivity index (χ2n) is 5.73. The highest BCUT2D eigenvalue weighted by Gasteiger charge is 2.31. The van der Waals surface area contributed by atoms with Gasteiger partial charge in [0.05, 0.1) is 16.8 Å². The topological polar surface area (TPSA) is 57.9 Å². The second kappa shape index (κ2) is 6.92. The molecule has 136 valence electrons. The monoisotopic (exact) mass is 382 g/mol. The standard InChI is InChI=1S/C18H14ClF3N2O2/c1-10-4-13(19)3-2-11(10)9-26-17-6-16(25)14(8-24-17)15-5-12(7-23-15)18(20,21)22/h2-8,23H,9H2,1H3,(H,24,25). The van der Waals surface area contributed by atoms with E-state index < -0.39 is 17.2 Å². The molecule has 3 aromatic rings. The number of aromatic amines is 2. The highest BCUT2D eigenvalue weighted by atomic mass is 35.5. The molecule has 0 fully saturated rings. The van der Waals surface area contributed by atoms with E-state index in [4.69, 9.17) is 16.3 Å². The zero-order valence-corrected chi connectivity index (χ0v) is 14.3. The molecule has 0 aliphatic rings. The van der Waals surface area contributed by atoms with Crippen molar-refractivity contribution in [3.8, 4) is 17.1 Å². The molecule has 8 heteroatoms. The van der Waals surface area contributed by atoms with Crippen LogP contribution in [0.5, 0.6) is 5.88 Å². The smallest absolute Gasteiger partial charge is 0.417 e. The molecule has 2 N–H and O–H groups in total. The van der Waals surface area contributed by atoms with Crippen LogP contribution in [0.2, 0.25) is 5.02 Å². The number of hydrogen-bond donors (Lipinski definition) is 2. The van der Waals surface area contributed by atoms with Gasteiger partial charge >= 0.3 is 6.18 Å². The second-order valence-corrected chi connectivity index (χ2v) is 6.17. The average molecular weight is 383 g/mol. The summed E-state index contributed by atoms with van der Waals surface area (Å²) in [6, 6.07) is 7.46. The van der Waals surface area contributed by atoms with Crippen LogP contribution in [-0.4, -0.2) is 9.97 Å². The van der Waals surface area contributed by atoms with E-state index in [1.54, 1.807) is 12.1 Å². The van der Waals surface area contributed by atoms with Gasteiger partial charge in [0.1, 0.15) is 6.61 Å². The summed E-state index contributed by atoms with van der Waals surface area (Å²) < 4.78 is 43.6. The Morgan fingerprint density at radius 3 is 2.50 bits per heavy atom. The Bertz CT molecular complexity index is 993. The van der Waals surface area contributed by atoms with E-state index in [0.717, 1.165) is 23.4 Å². The predicted molar refractivity (Wildman–Crippen MR) is 92.4 cm³/mol. The molecule has 0 aliphatic heterocycles. The molecule has 0 saturated heterocycles. The molecule has 0 aliphatic carbocycles. The minimum absolute atomic E-state index is 0.0821. The molecule has 3 rings (SSSR count). The SMILES string of the molecule is Cc1cc(Cl)ccc1COc1cc(=O)c(-c2cc(C(F)(F)F)c[nH]2)c[nH]1. The van der Waals surface area contributed by atoms with Crippen LogP contribution in [0.15, 0.2) is 47.5 Å². The van der Waals surface area contributed by atoms with Crippen LogP contribution in [0.1, 0.15) is 16.7 Å². The fourth-order valence-corrected chi connectivity index (χ4v) is 2.66. The molecule has 1 aromatic carbocycles. The highest BCUT2D eigenvalue weighted by molar-refractivity contribution is 6.30. The first-order valence-electron chi connectivity index (χ1n) is 7.60. The van der Waals surface area contributed by atoms with Crippen molar-refractivity contribution in [1.29, 1.82) is 0 Å². The third-order valence-corrected chi connectivity index (χ3v) is 4.11. The normalized spacial score (nSPS) is 11.6. The van der Waals surface area contributed by atoms with Crippen molar-refractivity contribution in [2.75, 3.05) is 0 Å². The Morgan fingerprint density at radius 2 is 1.88 bits per heavy atom. The summed E-state index contributed by atoms with van der Waals surface area (Å²) in [6.07, 6.45) is -2.33. The van der Waals surface area contributed by atoms with E-state index in [9.17, 15) is 18.0 Å². The summed E-state index contributed by atoms with van der Waals surface area (Å²) in [5.41, 5.74) is 0.725. The molecule has 0 unspecified atom stereocenters. The van der Waals surface area contributed by atoms with Gasteiger partial charge in [0, 0.05) is 23.5 Å². The molecule has 26 heavy (non-hydrogen) atoms. The molecule has 0 atom stereocenters. The van der Waals surface area contributed by atoms with Crippen molar-refractivity contribution in [2.24, 2.45) is 0 Å². The zero-order chi connectivity index (χ0) is 18.9. The van der Waals surface area contributed by atoms with Crippen LogP contribution in [0.3, 0.4) is 0 Å². The highest BCUT2D eigenvalue weighted by Crippen LogP contribution is 2.31. The van der Waals surface area contributed by atoms with E-state index in [-0.39, 0.29) is 23.7 Å². The number of hydrogen-bond acceptors (Lipinski definition) is 2. The fourth-order valence-electron chi connectivity index (χ4n) is 2.44. The molecule has 0 bridgehead atoms. The first-order chi connectivity index (χ1) is 12.2. The fraction of sp³-hybridized carbons (Fsp3) is 0.167. The van der Waals surface area contributed by atoms with Crippen molar-refractivity contribution in [2.45, 2.75) is 19.7 Å². The Kier molecular flexibility index (Phi) is 4.82. The quantitative estimate of drug-likeness (QED) is 0.672. The van der Waals surface area contributed by atoms with E-state index in [1.165, 1.54) is 12.3 Å². The van der Waals surface area contributed by atoms with Crippen molar-refractivity contribution in [3.05, 3.63) is 74.7 Å². The van der Waals surface area contributed by atoms with E-state index in [1.807, 2.05) is 13.0 Å². The van der Waals surface area contributed by atoms with Crippen LogP contribution in [0, 0.1) is 6.92 Å². The molecule has 2 heterocycles. The number of H-pyrrole nitrogens is 2. The van der Waals surface area contributed by atoms with Crippen LogP contribution < -0.4 is 10.2 Å². The maximum atomic E-state index is 12.7. The van der Waals surface area contributed by atoms with Gasteiger partial charge in [0.25, 0.3) is 0 Å². The Balaban J connectivity index is 1.77. The van der Waals surface area contributed by atoms with Crippen molar-refractivity contribution < 1.29 is 17.9 Å². The number of rotatable bonds is 4. The number of halogens is 4. The maximum Gasteiger partial charge on any atom is 0.417 e.